The molecule has 1 amide bonds. The van der Waals surface area contributed by atoms with E-state index in [1.54, 1.807) is 6.07 Å². The Kier molecular flexibility index (Phi) is 3.90. The zero-order valence-corrected chi connectivity index (χ0v) is 10.7. The average molecular weight is 251 g/mol. The number of carboxylic acids is 1. The van der Waals surface area contributed by atoms with Crippen LogP contribution < -0.4 is 10.6 Å². The average Bonchev–Trinajstić information content (AvgIpc) is 2.24. The van der Waals surface area contributed by atoms with Crippen LogP contribution >= 0.6 is 0 Å². The van der Waals surface area contributed by atoms with Gasteiger partial charge in [0.2, 0.25) is 0 Å². The van der Waals surface area contributed by atoms with Crippen LogP contribution in [0.2, 0.25) is 0 Å². The first kappa shape index (κ1) is 14.0. The molecule has 0 unspecified atom stereocenters. The first-order chi connectivity index (χ1) is 8.23. The van der Waals surface area contributed by atoms with Crippen molar-refractivity contribution in [3.8, 4) is 0 Å². The number of nitrogens with zero attached hydrogens (tertiary/aromatic N) is 2. The molecule has 0 aliphatic carbocycles. The standard InChI is InChI=1S/C12H17N3O3/c1-12(2,3)15(7-9(16)17)11-8(10(13)18)5-4-6-14-11/h4-6H,7H2,1-3H3,(H2,13,18)(H,16,17). The molecule has 6 nitrogen and oxygen atoms in total. The van der Waals surface area contributed by atoms with E-state index in [-0.39, 0.29) is 12.1 Å². The largest absolute Gasteiger partial charge is 0.480 e. The summed E-state index contributed by atoms with van der Waals surface area (Å²) in [5.41, 5.74) is 5.00. The van der Waals surface area contributed by atoms with Crippen molar-refractivity contribution in [2.24, 2.45) is 5.73 Å². The Labute approximate surface area is 105 Å². The summed E-state index contributed by atoms with van der Waals surface area (Å²) in [7, 11) is 0. The Morgan fingerprint density at radius 1 is 1.44 bits per heavy atom. The third-order valence-corrected chi connectivity index (χ3v) is 2.41. The van der Waals surface area contributed by atoms with Crippen molar-refractivity contribution < 1.29 is 14.7 Å². The molecule has 0 atom stereocenters. The van der Waals surface area contributed by atoms with Gasteiger partial charge in [0, 0.05) is 11.7 Å². The molecule has 0 aliphatic rings. The lowest BCUT2D eigenvalue weighted by Gasteiger charge is -2.36. The monoisotopic (exact) mass is 251 g/mol. The lowest BCUT2D eigenvalue weighted by Crippen LogP contribution is -2.46. The van der Waals surface area contributed by atoms with Gasteiger partial charge in [0.15, 0.2) is 0 Å². The number of aromatic nitrogens is 1. The fourth-order valence-corrected chi connectivity index (χ4v) is 1.57. The van der Waals surface area contributed by atoms with E-state index in [4.69, 9.17) is 10.8 Å². The highest BCUT2D eigenvalue weighted by Gasteiger charge is 2.27. The number of anilines is 1. The van der Waals surface area contributed by atoms with Gasteiger partial charge in [0.1, 0.15) is 12.4 Å². The molecule has 0 saturated heterocycles. The number of hydrogen-bond acceptors (Lipinski definition) is 4. The van der Waals surface area contributed by atoms with Crippen molar-refractivity contribution in [3.05, 3.63) is 23.9 Å². The Morgan fingerprint density at radius 2 is 2.06 bits per heavy atom. The summed E-state index contributed by atoms with van der Waals surface area (Å²) < 4.78 is 0. The second-order valence-electron chi connectivity index (χ2n) is 4.89. The lowest BCUT2D eigenvalue weighted by molar-refractivity contribution is -0.135. The fraction of sp³-hybridized carbons (Fsp3) is 0.417. The molecule has 0 saturated carbocycles. The molecular formula is C12H17N3O3. The molecule has 18 heavy (non-hydrogen) atoms. The van der Waals surface area contributed by atoms with Gasteiger partial charge in [0.25, 0.3) is 5.91 Å². The Bertz CT molecular complexity index is 466. The maximum Gasteiger partial charge on any atom is 0.323 e. The zero-order chi connectivity index (χ0) is 13.9. The topological polar surface area (TPSA) is 96.5 Å². The quantitative estimate of drug-likeness (QED) is 0.827. The second kappa shape index (κ2) is 5.03. The van der Waals surface area contributed by atoms with Gasteiger partial charge >= 0.3 is 5.97 Å². The molecule has 3 N–H and O–H groups in total. The molecule has 0 aromatic carbocycles. The van der Waals surface area contributed by atoms with Gasteiger partial charge in [-0.25, -0.2) is 4.98 Å². The Balaban J connectivity index is 3.29. The van der Waals surface area contributed by atoms with Gasteiger partial charge in [-0.2, -0.15) is 0 Å². The van der Waals surface area contributed by atoms with Crippen molar-refractivity contribution in [2.75, 3.05) is 11.4 Å². The highest BCUT2D eigenvalue weighted by atomic mass is 16.4. The van der Waals surface area contributed by atoms with E-state index in [9.17, 15) is 9.59 Å². The van der Waals surface area contributed by atoms with E-state index in [1.807, 2.05) is 20.8 Å². The van der Waals surface area contributed by atoms with Crippen LogP contribution in [0.4, 0.5) is 5.82 Å². The van der Waals surface area contributed by atoms with Crippen molar-refractivity contribution in [2.45, 2.75) is 26.3 Å². The molecule has 0 radical (unpaired) electrons. The zero-order valence-electron chi connectivity index (χ0n) is 10.7. The molecule has 98 valence electrons. The molecule has 1 aromatic rings. The van der Waals surface area contributed by atoms with Gasteiger partial charge in [-0.05, 0) is 32.9 Å². The van der Waals surface area contributed by atoms with Crippen molar-refractivity contribution >= 4 is 17.7 Å². The van der Waals surface area contributed by atoms with Gasteiger partial charge in [-0.3, -0.25) is 9.59 Å². The molecular weight excluding hydrogens is 234 g/mol. The first-order valence-electron chi connectivity index (χ1n) is 5.47. The molecule has 1 aromatic heterocycles. The summed E-state index contributed by atoms with van der Waals surface area (Å²) in [6.07, 6.45) is 1.50. The maximum absolute atomic E-state index is 11.3. The number of primary amides is 1. The Hall–Kier alpha value is -2.11. The van der Waals surface area contributed by atoms with E-state index in [0.717, 1.165) is 0 Å². The number of aliphatic carboxylic acids is 1. The summed E-state index contributed by atoms with van der Waals surface area (Å²) in [6, 6.07) is 3.12. The van der Waals surface area contributed by atoms with Crippen LogP contribution in [0.15, 0.2) is 18.3 Å². The van der Waals surface area contributed by atoms with Crippen LogP contribution in [-0.4, -0.2) is 34.1 Å². The predicted molar refractivity (Wildman–Crippen MR) is 67.5 cm³/mol. The predicted octanol–water partition coefficient (Wildman–Crippen LogP) is 0.870. The van der Waals surface area contributed by atoms with E-state index in [1.165, 1.54) is 17.2 Å². The van der Waals surface area contributed by atoms with Crippen molar-refractivity contribution in [1.29, 1.82) is 0 Å². The van der Waals surface area contributed by atoms with E-state index >= 15 is 0 Å². The SMILES string of the molecule is CC(C)(C)N(CC(=O)O)c1ncccc1C(N)=O. The molecule has 0 aliphatic heterocycles. The van der Waals surface area contributed by atoms with E-state index < -0.39 is 17.4 Å². The van der Waals surface area contributed by atoms with E-state index in [2.05, 4.69) is 4.98 Å². The molecule has 0 spiro atoms. The molecule has 0 bridgehead atoms. The summed E-state index contributed by atoms with van der Waals surface area (Å²) in [5.74, 6) is -1.33. The molecule has 6 heteroatoms. The van der Waals surface area contributed by atoms with Crippen LogP contribution in [-0.2, 0) is 4.79 Å². The number of nitrogens with two attached hydrogens (primary N) is 1. The van der Waals surface area contributed by atoms with Crippen LogP contribution in [0, 0.1) is 0 Å². The number of carboxylic acid groups (broad SMARTS) is 1. The molecule has 0 fully saturated rings. The van der Waals surface area contributed by atoms with Gasteiger partial charge in [0.05, 0.1) is 5.56 Å². The van der Waals surface area contributed by atoms with Crippen LogP contribution in [0.5, 0.6) is 0 Å². The third kappa shape index (κ3) is 3.19. The summed E-state index contributed by atoms with van der Waals surface area (Å²) in [4.78, 5) is 27.9. The van der Waals surface area contributed by atoms with E-state index in [0.29, 0.717) is 5.82 Å². The second-order valence-corrected chi connectivity index (χ2v) is 4.89. The maximum atomic E-state index is 11.3. The van der Waals surface area contributed by atoms with Crippen molar-refractivity contribution in [1.82, 2.24) is 4.98 Å². The minimum absolute atomic E-state index is 0.216. The van der Waals surface area contributed by atoms with Crippen LogP contribution in [0.1, 0.15) is 31.1 Å². The smallest absolute Gasteiger partial charge is 0.323 e. The minimum atomic E-state index is -0.994. The number of hydrogen-bond donors (Lipinski definition) is 2. The van der Waals surface area contributed by atoms with Crippen LogP contribution in [0.3, 0.4) is 0 Å². The van der Waals surface area contributed by atoms with Gasteiger partial charge in [-0.1, -0.05) is 0 Å². The highest BCUT2D eigenvalue weighted by Crippen LogP contribution is 2.24. The van der Waals surface area contributed by atoms with Crippen molar-refractivity contribution in [3.63, 3.8) is 0 Å². The summed E-state index contributed by atoms with van der Waals surface area (Å²) >= 11 is 0. The Morgan fingerprint density at radius 3 is 2.50 bits per heavy atom. The third-order valence-electron chi connectivity index (χ3n) is 2.41. The number of amides is 1. The molecule has 1 heterocycles. The fourth-order valence-electron chi connectivity index (χ4n) is 1.57. The number of carbonyl (C=O) groups excluding carboxylic acids is 1. The number of pyridine rings is 1. The summed E-state index contributed by atoms with van der Waals surface area (Å²) in [5, 5.41) is 8.95. The molecule has 1 rings (SSSR count). The normalized spacial score (nSPS) is 11.1. The van der Waals surface area contributed by atoms with Gasteiger partial charge in [-0.15, -0.1) is 0 Å². The van der Waals surface area contributed by atoms with Crippen LogP contribution in [0.25, 0.3) is 0 Å². The first-order valence-corrected chi connectivity index (χ1v) is 5.47. The van der Waals surface area contributed by atoms with Gasteiger partial charge < -0.3 is 15.7 Å². The summed E-state index contributed by atoms with van der Waals surface area (Å²) in [6.45, 7) is 5.28. The highest BCUT2D eigenvalue weighted by molar-refractivity contribution is 5.98. The lowest BCUT2D eigenvalue weighted by atomic mass is 10.0. The number of carbonyl (C=O) groups is 2. The number of rotatable bonds is 4. The minimum Gasteiger partial charge on any atom is -0.480 e.